The lowest BCUT2D eigenvalue weighted by Crippen LogP contribution is -2.32. The summed E-state index contributed by atoms with van der Waals surface area (Å²) in [7, 11) is 0. The van der Waals surface area contributed by atoms with Crippen LogP contribution in [-0.2, 0) is 5.41 Å². The number of fused-ring (bicyclic) bond motifs is 13. The molecule has 13 rings (SSSR count). The Morgan fingerprint density at radius 2 is 0.915 bits per heavy atom. The van der Waals surface area contributed by atoms with Gasteiger partial charge in [-0.15, -0.1) is 0 Å². The third-order valence-electron chi connectivity index (χ3n) is 13.1. The third-order valence-corrected chi connectivity index (χ3v) is 13.1. The Balaban J connectivity index is 1.13. The number of benzene rings is 10. The zero-order chi connectivity index (χ0) is 38.7. The highest BCUT2D eigenvalue weighted by Crippen LogP contribution is 2.63. The molecule has 274 valence electrons. The number of anilines is 3. The maximum absolute atomic E-state index is 6.53. The molecule has 11 aromatic rings. The summed E-state index contributed by atoms with van der Waals surface area (Å²) in [6.07, 6.45) is 0. The second kappa shape index (κ2) is 12.2. The van der Waals surface area contributed by atoms with Gasteiger partial charge in [0.15, 0.2) is 0 Å². The van der Waals surface area contributed by atoms with Crippen molar-refractivity contribution in [1.29, 1.82) is 0 Å². The molecule has 2 aliphatic rings. The number of rotatable bonds is 4. The average Bonchev–Trinajstić information content (AvgIpc) is 3.82. The van der Waals surface area contributed by atoms with Crippen molar-refractivity contribution in [2.75, 3.05) is 4.90 Å². The molecule has 1 spiro atoms. The van der Waals surface area contributed by atoms with Crippen molar-refractivity contribution < 1.29 is 4.42 Å². The molecule has 1 atom stereocenters. The fraction of sp³-hybridized carbons (Fsp3) is 0.0175. The molecule has 0 amide bonds. The van der Waals surface area contributed by atoms with E-state index in [4.69, 9.17) is 4.42 Å². The van der Waals surface area contributed by atoms with Crippen LogP contribution < -0.4 is 4.90 Å². The minimum absolute atomic E-state index is 0.562. The lowest BCUT2D eigenvalue weighted by Gasteiger charge is -2.40. The van der Waals surface area contributed by atoms with Crippen molar-refractivity contribution in [2.45, 2.75) is 5.41 Å². The summed E-state index contributed by atoms with van der Waals surface area (Å²) < 4.78 is 6.53. The average molecular weight is 750 g/mol. The van der Waals surface area contributed by atoms with Crippen molar-refractivity contribution in [3.05, 3.63) is 235 Å². The second-order valence-corrected chi connectivity index (χ2v) is 15.9. The van der Waals surface area contributed by atoms with E-state index in [-0.39, 0.29) is 0 Å². The van der Waals surface area contributed by atoms with Crippen molar-refractivity contribution in [3.63, 3.8) is 0 Å². The highest BCUT2D eigenvalue weighted by atomic mass is 16.3. The van der Waals surface area contributed by atoms with E-state index in [1.54, 1.807) is 0 Å². The van der Waals surface area contributed by atoms with Crippen LogP contribution in [0, 0.1) is 0 Å². The van der Waals surface area contributed by atoms with Gasteiger partial charge in [0.25, 0.3) is 0 Å². The third kappa shape index (κ3) is 4.40. The van der Waals surface area contributed by atoms with Crippen LogP contribution in [0.25, 0.3) is 76.9 Å². The SMILES string of the molecule is c1ccc(-c2ccc3c4c(cccc24)C2(c4ccccc4-c4ccc(N(c5ccc6c(c5)oc5ccccc56)c5cccc6ccccc56)cc42)c2ccccc2-3)cc1. The fourth-order valence-electron chi connectivity index (χ4n) is 10.7. The zero-order valence-electron chi connectivity index (χ0n) is 32.1. The molecular weight excluding hydrogens is 715 g/mol. The molecule has 0 N–H and O–H groups in total. The van der Waals surface area contributed by atoms with Crippen LogP contribution in [0.15, 0.2) is 217 Å². The molecule has 2 aliphatic carbocycles. The highest BCUT2D eigenvalue weighted by Gasteiger charge is 2.50. The van der Waals surface area contributed by atoms with E-state index in [1.165, 1.54) is 77.2 Å². The summed E-state index contributed by atoms with van der Waals surface area (Å²) in [5, 5.41) is 7.23. The first-order valence-corrected chi connectivity index (χ1v) is 20.4. The predicted octanol–water partition coefficient (Wildman–Crippen LogP) is 15.4. The van der Waals surface area contributed by atoms with Gasteiger partial charge in [-0.1, -0.05) is 170 Å². The monoisotopic (exact) mass is 749 g/mol. The molecule has 2 heteroatoms. The van der Waals surface area contributed by atoms with Crippen molar-refractivity contribution in [1.82, 2.24) is 0 Å². The summed E-state index contributed by atoms with van der Waals surface area (Å²) in [5.74, 6) is 0. The summed E-state index contributed by atoms with van der Waals surface area (Å²) in [5.41, 5.74) is 17.3. The molecule has 1 heterocycles. The Bertz CT molecular complexity index is 3520. The first-order chi connectivity index (χ1) is 29.3. The topological polar surface area (TPSA) is 16.4 Å². The largest absolute Gasteiger partial charge is 0.456 e. The van der Waals surface area contributed by atoms with Crippen LogP contribution in [0.4, 0.5) is 17.1 Å². The summed E-state index contributed by atoms with van der Waals surface area (Å²) in [6, 6.07) is 78.2. The lowest BCUT2D eigenvalue weighted by molar-refractivity contribution is 0.669. The van der Waals surface area contributed by atoms with Crippen LogP contribution >= 0.6 is 0 Å². The van der Waals surface area contributed by atoms with Crippen molar-refractivity contribution in [3.8, 4) is 33.4 Å². The molecule has 1 unspecified atom stereocenters. The molecule has 1 aromatic heterocycles. The van der Waals surface area contributed by atoms with Crippen molar-refractivity contribution in [2.24, 2.45) is 0 Å². The van der Waals surface area contributed by atoms with E-state index < -0.39 is 5.41 Å². The maximum Gasteiger partial charge on any atom is 0.137 e. The van der Waals surface area contributed by atoms with Crippen molar-refractivity contribution >= 4 is 60.5 Å². The molecule has 0 aliphatic heterocycles. The molecule has 0 saturated carbocycles. The number of nitrogens with zero attached hydrogens (tertiary/aromatic N) is 1. The molecule has 2 nitrogen and oxygen atoms in total. The molecule has 0 saturated heterocycles. The number of para-hydroxylation sites is 1. The van der Waals surface area contributed by atoms with E-state index in [9.17, 15) is 0 Å². The van der Waals surface area contributed by atoms with Gasteiger partial charge in [-0.25, -0.2) is 0 Å². The van der Waals surface area contributed by atoms with Gasteiger partial charge < -0.3 is 9.32 Å². The van der Waals surface area contributed by atoms with Crippen LogP contribution in [0.1, 0.15) is 22.3 Å². The summed E-state index contributed by atoms with van der Waals surface area (Å²) >= 11 is 0. The Labute approximate surface area is 341 Å². The van der Waals surface area contributed by atoms with Gasteiger partial charge in [0.05, 0.1) is 11.1 Å². The first-order valence-electron chi connectivity index (χ1n) is 20.4. The normalized spacial score (nSPS) is 14.8. The Kier molecular flexibility index (Phi) is 6.68. The van der Waals surface area contributed by atoms with E-state index in [2.05, 4.69) is 211 Å². The molecule has 0 bridgehead atoms. The maximum atomic E-state index is 6.53. The van der Waals surface area contributed by atoms with Gasteiger partial charge in [-0.05, 0) is 108 Å². The first kappa shape index (κ1) is 32.4. The van der Waals surface area contributed by atoms with Gasteiger partial charge in [-0.3, -0.25) is 0 Å². The van der Waals surface area contributed by atoms with E-state index >= 15 is 0 Å². The quantitative estimate of drug-likeness (QED) is 0.178. The van der Waals surface area contributed by atoms with Gasteiger partial charge in [0.2, 0.25) is 0 Å². The minimum Gasteiger partial charge on any atom is -0.456 e. The fourth-order valence-corrected chi connectivity index (χ4v) is 10.7. The Morgan fingerprint density at radius 3 is 1.78 bits per heavy atom. The highest BCUT2D eigenvalue weighted by molar-refractivity contribution is 6.12. The summed E-state index contributed by atoms with van der Waals surface area (Å²) in [6.45, 7) is 0. The van der Waals surface area contributed by atoms with E-state index in [1.807, 2.05) is 6.07 Å². The van der Waals surface area contributed by atoms with Gasteiger partial charge in [0, 0.05) is 33.6 Å². The standard InChI is InChI=1S/C57H35NO/c1-2-14-36(15-3-1)40-32-33-48-43-20-7-10-24-50(43)57(51-25-13-22-47(40)56(48)51)49-23-9-6-19-42(49)44-30-28-38(34-52(44)57)58(53-26-12-17-37-16-4-5-18-41(37)53)39-29-31-46-45-21-8-11-27-54(45)59-55(46)35-39/h1-35H. The molecule has 0 radical (unpaired) electrons. The number of hydrogen-bond acceptors (Lipinski definition) is 2. The second-order valence-electron chi connectivity index (χ2n) is 15.9. The van der Waals surface area contributed by atoms with Crippen LogP contribution in [-0.4, -0.2) is 0 Å². The smallest absolute Gasteiger partial charge is 0.137 e. The van der Waals surface area contributed by atoms with E-state index in [0.717, 1.165) is 39.0 Å². The summed E-state index contributed by atoms with van der Waals surface area (Å²) in [4.78, 5) is 2.43. The zero-order valence-corrected chi connectivity index (χ0v) is 32.1. The molecule has 10 aromatic carbocycles. The van der Waals surface area contributed by atoms with Crippen LogP contribution in [0.2, 0.25) is 0 Å². The Morgan fingerprint density at radius 1 is 0.339 bits per heavy atom. The predicted molar refractivity (Wildman–Crippen MR) is 245 cm³/mol. The number of hydrogen-bond donors (Lipinski definition) is 0. The van der Waals surface area contributed by atoms with Gasteiger partial charge in [0.1, 0.15) is 11.2 Å². The minimum atomic E-state index is -0.562. The van der Waals surface area contributed by atoms with E-state index in [0.29, 0.717) is 0 Å². The van der Waals surface area contributed by atoms with Gasteiger partial charge in [-0.2, -0.15) is 0 Å². The molecule has 0 fully saturated rings. The molecular formula is C57H35NO. The van der Waals surface area contributed by atoms with Gasteiger partial charge >= 0.3 is 0 Å². The lowest BCUT2D eigenvalue weighted by atomic mass is 9.61. The van der Waals surface area contributed by atoms with Crippen LogP contribution in [0.5, 0.6) is 0 Å². The Hall–Kier alpha value is -7.68. The van der Waals surface area contributed by atoms with Crippen LogP contribution in [0.3, 0.4) is 0 Å². The molecule has 59 heavy (non-hydrogen) atoms. The number of furan rings is 1.